The van der Waals surface area contributed by atoms with Gasteiger partial charge in [0.05, 0.1) is 7.11 Å². The highest BCUT2D eigenvalue weighted by Gasteiger charge is 1.75. The normalized spacial score (nSPS) is 9.12. The average molecular weight is 110 g/mol. The summed E-state index contributed by atoms with van der Waals surface area (Å²) in [6.07, 6.45) is 5.18. The first-order valence-corrected chi connectivity index (χ1v) is 2.33. The molecule has 0 heterocycles. The van der Waals surface area contributed by atoms with Crippen molar-refractivity contribution < 1.29 is 4.74 Å². The second kappa shape index (κ2) is 4.19. The maximum atomic E-state index is 4.72. The standard InChI is InChI=1S/C7H10O/c1-4-5-6-7(2)8-3/h4-6H,1-2H2,3H3/b6-5-. The molecular weight excluding hydrogens is 100 g/mol. The highest BCUT2D eigenvalue weighted by molar-refractivity contribution is 5.12. The molecule has 0 aromatic heterocycles. The Hall–Kier alpha value is -0.980. The van der Waals surface area contributed by atoms with E-state index in [0.717, 1.165) is 0 Å². The zero-order valence-corrected chi connectivity index (χ0v) is 5.05. The van der Waals surface area contributed by atoms with Crippen LogP contribution in [-0.4, -0.2) is 7.11 Å². The highest BCUT2D eigenvalue weighted by Crippen LogP contribution is 1.90. The van der Waals surface area contributed by atoms with Crippen LogP contribution in [-0.2, 0) is 4.74 Å². The van der Waals surface area contributed by atoms with Crippen LogP contribution in [0.4, 0.5) is 0 Å². The van der Waals surface area contributed by atoms with Gasteiger partial charge < -0.3 is 4.74 Å². The number of methoxy groups -OCH3 is 1. The Morgan fingerprint density at radius 3 is 2.62 bits per heavy atom. The van der Waals surface area contributed by atoms with Crippen LogP contribution in [0.15, 0.2) is 37.1 Å². The molecule has 0 atom stereocenters. The molecule has 0 rings (SSSR count). The van der Waals surface area contributed by atoms with Crippen LogP contribution in [0.5, 0.6) is 0 Å². The minimum Gasteiger partial charge on any atom is -0.497 e. The van der Waals surface area contributed by atoms with Gasteiger partial charge in [-0.2, -0.15) is 0 Å². The van der Waals surface area contributed by atoms with Gasteiger partial charge in [0.1, 0.15) is 5.76 Å². The van der Waals surface area contributed by atoms with E-state index in [4.69, 9.17) is 4.74 Å². The highest BCUT2D eigenvalue weighted by atomic mass is 16.5. The lowest BCUT2D eigenvalue weighted by Crippen LogP contribution is -1.74. The Morgan fingerprint density at radius 1 is 1.62 bits per heavy atom. The van der Waals surface area contributed by atoms with E-state index in [1.54, 1.807) is 25.3 Å². The van der Waals surface area contributed by atoms with E-state index in [-0.39, 0.29) is 0 Å². The van der Waals surface area contributed by atoms with Crippen LogP contribution in [0.25, 0.3) is 0 Å². The third-order valence-corrected chi connectivity index (χ3v) is 0.680. The predicted octanol–water partition coefficient (Wildman–Crippen LogP) is 1.89. The summed E-state index contributed by atoms with van der Waals surface area (Å²) in [6.45, 7) is 7.04. The van der Waals surface area contributed by atoms with E-state index >= 15 is 0 Å². The fourth-order valence-corrected chi connectivity index (χ4v) is 0.243. The van der Waals surface area contributed by atoms with Gasteiger partial charge in [0.2, 0.25) is 0 Å². The molecule has 0 aliphatic rings. The number of hydrogen-bond donors (Lipinski definition) is 0. The first-order chi connectivity index (χ1) is 3.81. The smallest absolute Gasteiger partial charge is 0.111 e. The van der Waals surface area contributed by atoms with Crippen LogP contribution in [0.3, 0.4) is 0 Å². The Labute approximate surface area is 50.0 Å². The van der Waals surface area contributed by atoms with Gasteiger partial charge in [-0.15, -0.1) is 0 Å². The molecule has 0 spiro atoms. The fourth-order valence-electron chi connectivity index (χ4n) is 0.243. The van der Waals surface area contributed by atoms with Gasteiger partial charge in [-0.3, -0.25) is 0 Å². The Balaban J connectivity index is 3.52. The summed E-state index contributed by atoms with van der Waals surface area (Å²) in [5.41, 5.74) is 0. The van der Waals surface area contributed by atoms with Crippen LogP contribution in [0, 0.1) is 0 Å². The SMILES string of the molecule is C=C/C=C\C(=C)OC. The van der Waals surface area contributed by atoms with E-state index in [9.17, 15) is 0 Å². The van der Waals surface area contributed by atoms with Crippen LogP contribution >= 0.6 is 0 Å². The maximum Gasteiger partial charge on any atom is 0.111 e. The molecule has 0 fully saturated rings. The third-order valence-electron chi connectivity index (χ3n) is 0.680. The quantitative estimate of drug-likeness (QED) is 0.398. The number of allylic oxidation sites excluding steroid dienone is 3. The molecule has 44 valence electrons. The van der Waals surface area contributed by atoms with E-state index in [0.29, 0.717) is 5.76 Å². The van der Waals surface area contributed by atoms with Crippen LogP contribution in [0.2, 0.25) is 0 Å². The number of hydrogen-bond acceptors (Lipinski definition) is 1. The molecule has 0 aliphatic carbocycles. The molecule has 0 radical (unpaired) electrons. The van der Waals surface area contributed by atoms with Gasteiger partial charge in [0.25, 0.3) is 0 Å². The minimum absolute atomic E-state index is 0.643. The van der Waals surface area contributed by atoms with Crippen LogP contribution < -0.4 is 0 Å². The van der Waals surface area contributed by atoms with Crippen LogP contribution in [0.1, 0.15) is 0 Å². The van der Waals surface area contributed by atoms with E-state index in [2.05, 4.69) is 13.2 Å². The Morgan fingerprint density at radius 2 is 2.25 bits per heavy atom. The molecule has 0 aromatic carbocycles. The molecule has 0 aromatic rings. The van der Waals surface area contributed by atoms with Crippen molar-refractivity contribution in [2.75, 3.05) is 7.11 Å². The molecule has 1 nitrogen and oxygen atoms in total. The largest absolute Gasteiger partial charge is 0.497 e. The van der Waals surface area contributed by atoms with Crippen molar-refractivity contribution in [3.63, 3.8) is 0 Å². The van der Waals surface area contributed by atoms with E-state index in [1.165, 1.54) is 0 Å². The second-order valence-electron chi connectivity index (χ2n) is 1.27. The molecule has 0 amide bonds. The molecular formula is C7H10O. The molecule has 0 aliphatic heterocycles. The van der Waals surface area contributed by atoms with Gasteiger partial charge >= 0.3 is 0 Å². The molecule has 0 unspecified atom stereocenters. The zero-order valence-electron chi connectivity index (χ0n) is 5.05. The summed E-state index contributed by atoms with van der Waals surface area (Å²) in [4.78, 5) is 0. The summed E-state index contributed by atoms with van der Waals surface area (Å²) in [6, 6.07) is 0. The Kier molecular flexibility index (Phi) is 3.67. The van der Waals surface area contributed by atoms with Crippen molar-refractivity contribution in [3.8, 4) is 0 Å². The van der Waals surface area contributed by atoms with Gasteiger partial charge in [-0.25, -0.2) is 0 Å². The maximum absolute atomic E-state index is 4.72. The summed E-state index contributed by atoms with van der Waals surface area (Å²) >= 11 is 0. The average Bonchev–Trinajstić information content (AvgIpc) is 1.83. The molecule has 0 N–H and O–H groups in total. The fraction of sp³-hybridized carbons (Fsp3) is 0.143. The topological polar surface area (TPSA) is 9.23 Å². The summed E-state index contributed by atoms with van der Waals surface area (Å²) in [5, 5.41) is 0. The van der Waals surface area contributed by atoms with Crippen molar-refractivity contribution in [1.82, 2.24) is 0 Å². The molecule has 0 saturated carbocycles. The van der Waals surface area contributed by atoms with Crippen molar-refractivity contribution in [3.05, 3.63) is 37.1 Å². The summed E-state index contributed by atoms with van der Waals surface area (Å²) in [7, 11) is 1.58. The lowest BCUT2D eigenvalue weighted by atomic mass is 10.4. The molecule has 1 heteroatoms. The molecule has 0 bridgehead atoms. The summed E-state index contributed by atoms with van der Waals surface area (Å²) < 4.78 is 4.72. The molecule has 0 saturated heterocycles. The van der Waals surface area contributed by atoms with Crippen molar-refractivity contribution in [1.29, 1.82) is 0 Å². The van der Waals surface area contributed by atoms with Crippen molar-refractivity contribution in [2.45, 2.75) is 0 Å². The first kappa shape index (κ1) is 7.02. The van der Waals surface area contributed by atoms with E-state index in [1.807, 2.05) is 0 Å². The minimum atomic E-state index is 0.643. The second-order valence-corrected chi connectivity index (χ2v) is 1.27. The summed E-state index contributed by atoms with van der Waals surface area (Å²) in [5.74, 6) is 0.643. The van der Waals surface area contributed by atoms with Gasteiger partial charge in [-0.05, 0) is 6.08 Å². The predicted molar refractivity (Wildman–Crippen MR) is 35.5 cm³/mol. The van der Waals surface area contributed by atoms with E-state index < -0.39 is 0 Å². The zero-order chi connectivity index (χ0) is 6.41. The third kappa shape index (κ3) is 3.22. The van der Waals surface area contributed by atoms with Gasteiger partial charge in [0.15, 0.2) is 0 Å². The number of rotatable bonds is 3. The lowest BCUT2D eigenvalue weighted by molar-refractivity contribution is 0.309. The first-order valence-electron chi connectivity index (χ1n) is 2.33. The number of ether oxygens (including phenoxy) is 1. The Bertz CT molecular complexity index is 112. The van der Waals surface area contributed by atoms with Crippen molar-refractivity contribution >= 4 is 0 Å². The molecule has 8 heavy (non-hydrogen) atoms. The lowest BCUT2D eigenvalue weighted by Gasteiger charge is -1.92. The van der Waals surface area contributed by atoms with Gasteiger partial charge in [0, 0.05) is 0 Å². The monoisotopic (exact) mass is 110 g/mol. The van der Waals surface area contributed by atoms with Gasteiger partial charge in [-0.1, -0.05) is 25.3 Å². The van der Waals surface area contributed by atoms with Crippen molar-refractivity contribution in [2.24, 2.45) is 0 Å².